The van der Waals surface area contributed by atoms with Gasteiger partial charge in [-0.05, 0) is 31.6 Å². The Morgan fingerprint density at radius 2 is 0.517 bits per heavy atom. The van der Waals surface area contributed by atoms with E-state index in [4.69, 9.17) is 37.0 Å². The molecule has 528 valence electrons. The Bertz CT molecular complexity index is 1720. The van der Waals surface area contributed by atoms with Crippen LogP contribution in [0, 0.1) is 5.92 Å². The standard InChI is InChI=1S/C70H136O17P2/c1-6-9-12-15-18-20-21-22-23-24-25-26-29-33-36-41-46-51-56-70(75)87-66(60-81-68(73)54-49-44-40-35-32-30-27-28-31-34-38-42-47-52-63(4)5)62-85-89(78,79)83-58-64(71)57-82-88(76,77)84-61-65(59-80-67(72)53-48-43-37-17-14-11-8-3)86-69(74)55-50-45-39-19-16-13-10-7-2/h63-66,71H,6-62H2,1-5H3,(H,76,77)(H,78,79)/t64-,65+,66+/m0/s1. The van der Waals surface area contributed by atoms with E-state index in [2.05, 4.69) is 34.6 Å². The Morgan fingerprint density at radius 1 is 0.303 bits per heavy atom. The third kappa shape index (κ3) is 64.6. The van der Waals surface area contributed by atoms with Crippen molar-refractivity contribution < 1.29 is 80.2 Å². The van der Waals surface area contributed by atoms with Gasteiger partial charge in [0.15, 0.2) is 12.2 Å². The molecular formula is C70H136O17P2. The van der Waals surface area contributed by atoms with Crippen LogP contribution in [-0.2, 0) is 65.4 Å². The number of rotatable bonds is 70. The molecule has 0 amide bonds. The van der Waals surface area contributed by atoms with Crippen LogP contribution in [0.3, 0.4) is 0 Å². The van der Waals surface area contributed by atoms with Crippen molar-refractivity contribution in [1.29, 1.82) is 0 Å². The van der Waals surface area contributed by atoms with E-state index >= 15 is 0 Å². The Balaban J connectivity index is 5.16. The molecule has 0 bridgehead atoms. The fourth-order valence-electron chi connectivity index (χ4n) is 10.6. The minimum atomic E-state index is -4.95. The molecule has 0 aliphatic heterocycles. The first kappa shape index (κ1) is 87.1. The van der Waals surface area contributed by atoms with E-state index in [1.807, 2.05) is 0 Å². The van der Waals surface area contributed by atoms with Gasteiger partial charge in [0.2, 0.25) is 0 Å². The van der Waals surface area contributed by atoms with Gasteiger partial charge in [-0.1, -0.05) is 311 Å². The van der Waals surface area contributed by atoms with Gasteiger partial charge in [0.25, 0.3) is 0 Å². The molecule has 3 N–H and O–H groups in total. The first-order valence-corrected chi connectivity index (χ1v) is 39.6. The number of ether oxygens (including phenoxy) is 4. The lowest BCUT2D eigenvalue weighted by Gasteiger charge is -2.21. The number of phosphoric ester groups is 2. The molecule has 0 saturated heterocycles. The highest BCUT2D eigenvalue weighted by atomic mass is 31.2. The molecule has 5 atom stereocenters. The van der Waals surface area contributed by atoms with Crippen molar-refractivity contribution in [3.63, 3.8) is 0 Å². The maximum atomic E-state index is 13.0. The average Bonchev–Trinajstić information content (AvgIpc) is 3.56. The molecule has 0 aliphatic carbocycles. The van der Waals surface area contributed by atoms with E-state index in [-0.39, 0.29) is 25.7 Å². The number of hydrogen-bond acceptors (Lipinski definition) is 15. The molecule has 0 spiro atoms. The summed E-state index contributed by atoms with van der Waals surface area (Å²) in [5.74, 6) is -1.34. The van der Waals surface area contributed by atoms with Crippen molar-refractivity contribution in [2.24, 2.45) is 5.92 Å². The van der Waals surface area contributed by atoms with E-state index in [1.54, 1.807) is 0 Å². The second-order valence-corrected chi connectivity index (χ2v) is 28.7. The molecule has 0 rings (SSSR count). The number of hydrogen-bond donors (Lipinski definition) is 3. The summed E-state index contributed by atoms with van der Waals surface area (Å²) < 4.78 is 68.1. The summed E-state index contributed by atoms with van der Waals surface area (Å²) in [5, 5.41) is 10.6. The molecular weight excluding hydrogens is 1170 g/mol. The van der Waals surface area contributed by atoms with Crippen LogP contribution < -0.4 is 0 Å². The highest BCUT2D eigenvalue weighted by Crippen LogP contribution is 2.45. The monoisotopic (exact) mass is 1310 g/mol. The molecule has 89 heavy (non-hydrogen) atoms. The van der Waals surface area contributed by atoms with Crippen molar-refractivity contribution in [3.8, 4) is 0 Å². The van der Waals surface area contributed by atoms with Crippen molar-refractivity contribution in [1.82, 2.24) is 0 Å². The van der Waals surface area contributed by atoms with Crippen LogP contribution in [0.2, 0.25) is 0 Å². The first-order valence-electron chi connectivity index (χ1n) is 36.6. The zero-order chi connectivity index (χ0) is 65.6. The van der Waals surface area contributed by atoms with Gasteiger partial charge in [0.05, 0.1) is 26.4 Å². The number of aliphatic hydroxyl groups excluding tert-OH is 1. The normalized spacial score (nSPS) is 14.1. The molecule has 19 heteroatoms. The zero-order valence-electron chi connectivity index (χ0n) is 57.6. The van der Waals surface area contributed by atoms with Crippen molar-refractivity contribution >= 4 is 39.5 Å². The highest BCUT2D eigenvalue weighted by Gasteiger charge is 2.30. The van der Waals surface area contributed by atoms with Gasteiger partial charge in [-0.2, -0.15) is 0 Å². The van der Waals surface area contributed by atoms with Crippen molar-refractivity contribution in [2.75, 3.05) is 39.6 Å². The number of unbranched alkanes of at least 4 members (excludes halogenated alkanes) is 42. The molecule has 0 aromatic heterocycles. The predicted octanol–water partition coefficient (Wildman–Crippen LogP) is 20.1. The van der Waals surface area contributed by atoms with E-state index in [0.29, 0.717) is 25.7 Å². The van der Waals surface area contributed by atoms with Gasteiger partial charge in [-0.3, -0.25) is 37.3 Å². The van der Waals surface area contributed by atoms with Crippen LogP contribution in [0.5, 0.6) is 0 Å². The van der Waals surface area contributed by atoms with Crippen molar-refractivity contribution in [3.05, 3.63) is 0 Å². The lowest BCUT2D eigenvalue weighted by molar-refractivity contribution is -0.161. The van der Waals surface area contributed by atoms with Gasteiger partial charge in [-0.25, -0.2) is 9.13 Å². The largest absolute Gasteiger partial charge is 0.472 e. The van der Waals surface area contributed by atoms with Crippen LogP contribution in [0.4, 0.5) is 0 Å². The smallest absolute Gasteiger partial charge is 0.462 e. The minimum absolute atomic E-state index is 0.105. The van der Waals surface area contributed by atoms with E-state index in [9.17, 15) is 43.2 Å². The maximum absolute atomic E-state index is 13.0. The zero-order valence-corrected chi connectivity index (χ0v) is 59.4. The van der Waals surface area contributed by atoms with Crippen LogP contribution >= 0.6 is 15.6 Å². The first-order chi connectivity index (χ1) is 43.0. The van der Waals surface area contributed by atoms with Gasteiger partial charge >= 0.3 is 39.5 Å². The van der Waals surface area contributed by atoms with Gasteiger partial charge < -0.3 is 33.8 Å². The van der Waals surface area contributed by atoms with Crippen LogP contribution in [0.15, 0.2) is 0 Å². The third-order valence-corrected chi connectivity index (χ3v) is 18.2. The fraction of sp³-hybridized carbons (Fsp3) is 0.943. The van der Waals surface area contributed by atoms with E-state index in [1.165, 1.54) is 167 Å². The van der Waals surface area contributed by atoms with Crippen LogP contribution in [-0.4, -0.2) is 96.7 Å². The molecule has 0 fully saturated rings. The molecule has 17 nitrogen and oxygen atoms in total. The number of carbonyl (C=O) groups is 4. The van der Waals surface area contributed by atoms with Gasteiger partial charge in [0.1, 0.15) is 19.3 Å². The maximum Gasteiger partial charge on any atom is 0.472 e. The van der Waals surface area contributed by atoms with E-state index in [0.717, 1.165) is 115 Å². The minimum Gasteiger partial charge on any atom is -0.462 e. The predicted molar refractivity (Wildman–Crippen MR) is 358 cm³/mol. The summed E-state index contributed by atoms with van der Waals surface area (Å²) in [6.07, 6.45) is 50.2. The van der Waals surface area contributed by atoms with Crippen molar-refractivity contribution in [2.45, 2.75) is 380 Å². The summed E-state index contributed by atoms with van der Waals surface area (Å²) in [6.45, 7) is 7.20. The summed E-state index contributed by atoms with van der Waals surface area (Å²) in [5.41, 5.74) is 0. The second-order valence-electron chi connectivity index (χ2n) is 25.7. The highest BCUT2D eigenvalue weighted by molar-refractivity contribution is 7.47. The summed E-state index contributed by atoms with van der Waals surface area (Å²) in [6, 6.07) is 0. The molecule has 0 radical (unpaired) electrons. The Hall–Kier alpha value is -1.94. The molecule has 0 aliphatic rings. The van der Waals surface area contributed by atoms with Crippen LogP contribution in [0.1, 0.15) is 362 Å². The number of aliphatic hydroxyl groups is 1. The summed E-state index contributed by atoms with van der Waals surface area (Å²) in [4.78, 5) is 72.3. The number of phosphoric acid groups is 2. The topological polar surface area (TPSA) is 237 Å². The SMILES string of the molecule is CCCCCCCCCCCCCCCCCCCCC(=O)O[C@H](COC(=O)CCCCCCCCCCCCCCCC(C)C)COP(=O)(O)OC[C@@H](O)COP(=O)(O)OC[C@@H](COC(=O)CCCCCCCCC)OC(=O)CCCCCCCCCC. The second kappa shape index (κ2) is 63.5. The van der Waals surface area contributed by atoms with Crippen LogP contribution in [0.25, 0.3) is 0 Å². The molecule has 0 aromatic rings. The third-order valence-electron chi connectivity index (χ3n) is 16.3. The Kier molecular flexibility index (Phi) is 62.1. The molecule has 0 aromatic carbocycles. The molecule has 0 heterocycles. The lowest BCUT2D eigenvalue weighted by atomic mass is 10.0. The Morgan fingerprint density at radius 3 is 0.764 bits per heavy atom. The van der Waals surface area contributed by atoms with Gasteiger partial charge in [0, 0.05) is 25.7 Å². The van der Waals surface area contributed by atoms with Gasteiger partial charge in [-0.15, -0.1) is 0 Å². The molecule has 0 saturated carbocycles. The molecule has 2 unspecified atom stereocenters. The number of carbonyl (C=O) groups excluding carboxylic acids is 4. The van der Waals surface area contributed by atoms with E-state index < -0.39 is 97.5 Å². The Labute approximate surface area is 543 Å². The quantitative estimate of drug-likeness (QED) is 0.0222. The number of esters is 4. The fourth-order valence-corrected chi connectivity index (χ4v) is 12.2. The average molecular weight is 1310 g/mol. The summed E-state index contributed by atoms with van der Waals surface area (Å²) >= 11 is 0. The lowest BCUT2D eigenvalue weighted by Crippen LogP contribution is -2.30. The summed E-state index contributed by atoms with van der Waals surface area (Å²) in [7, 11) is -9.89.